The molecule has 0 aliphatic heterocycles. The van der Waals surface area contributed by atoms with Crippen LogP contribution in [0.3, 0.4) is 0 Å². The molecule has 86 valence electrons. The maximum absolute atomic E-state index is 4.25. The van der Waals surface area contributed by atoms with Gasteiger partial charge in [-0.1, -0.05) is 0 Å². The van der Waals surface area contributed by atoms with Crippen molar-refractivity contribution in [3.63, 3.8) is 0 Å². The second kappa shape index (κ2) is 4.19. The summed E-state index contributed by atoms with van der Waals surface area (Å²) in [6.45, 7) is 0.633. The van der Waals surface area contributed by atoms with E-state index in [2.05, 4.69) is 25.8 Å². The second-order valence-corrected chi connectivity index (χ2v) is 4.43. The Hall–Kier alpha value is -1.86. The largest absolute Gasteiger partial charge is 0.313 e. The molecule has 1 N–H and O–H groups in total. The zero-order valence-corrected chi connectivity index (χ0v) is 9.98. The first-order valence-corrected chi connectivity index (χ1v) is 6.02. The molecular weight excluding hydrogens is 236 g/mol. The third kappa shape index (κ3) is 1.79. The van der Waals surface area contributed by atoms with Gasteiger partial charge >= 0.3 is 0 Å². The zero-order chi connectivity index (χ0) is 11.7. The normalized spacial score (nSPS) is 11.1. The van der Waals surface area contributed by atoms with Crippen molar-refractivity contribution in [2.75, 3.05) is 7.05 Å². The Kier molecular flexibility index (Phi) is 2.54. The minimum atomic E-state index is 0.633. The van der Waals surface area contributed by atoms with Crippen molar-refractivity contribution in [1.82, 2.24) is 30.5 Å². The molecule has 0 fully saturated rings. The van der Waals surface area contributed by atoms with E-state index in [0.29, 0.717) is 6.54 Å². The Balaban J connectivity index is 2.09. The van der Waals surface area contributed by atoms with Crippen LogP contribution in [0.15, 0.2) is 23.7 Å². The molecule has 0 saturated carbocycles. The van der Waals surface area contributed by atoms with Crippen LogP contribution in [0, 0.1) is 0 Å². The number of rotatable bonds is 3. The number of nitrogens with zero attached hydrogens (tertiary/aromatic N) is 5. The van der Waals surface area contributed by atoms with Gasteiger partial charge in [0.05, 0.1) is 28.0 Å². The minimum Gasteiger partial charge on any atom is -0.313 e. The summed E-state index contributed by atoms with van der Waals surface area (Å²) < 4.78 is 2.86. The van der Waals surface area contributed by atoms with E-state index in [-0.39, 0.29) is 0 Å². The van der Waals surface area contributed by atoms with Crippen LogP contribution in [-0.2, 0) is 6.54 Å². The van der Waals surface area contributed by atoms with Gasteiger partial charge in [-0.3, -0.25) is 0 Å². The van der Waals surface area contributed by atoms with Gasteiger partial charge < -0.3 is 5.32 Å². The summed E-state index contributed by atoms with van der Waals surface area (Å²) in [5.74, 6) is 0.788. The summed E-state index contributed by atoms with van der Waals surface area (Å²) in [5, 5.41) is 14.7. The number of nitrogens with one attached hydrogen (secondary N) is 1. The van der Waals surface area contributed by atoms with Gasteiger partial charge in [0.15, 0.2) is 5.82 Å². The predicted molar refractivity (Wildman–Crippen MR) is 65.1 cm³/mol. The Labute approximate surface area is 101 Å². The standard InChI is InChI=1S/C10H10N6S/c1-11-5-10-13-14-15-16(10)7-2-3-8-9(4-7)17-6-12-8/h2-4,6,11H,5H2,1H3. The fraction of sp³-hybridized carbons (Fsp3) is 0.200. The van der Waals surface area contributed by atoms with Gasteiger partial charge in [0.25, 0.3) is 0 Å². The minimum absolute atomic E-state index is 0.633. The first-order chi connectivity index (χ1) is 8.38. The lowest BCUT2D eigenvalue weighted by atomic mass is 10.3. The van der Waals surface area contributed by atoms with Crippen LogP contribution in [-0.4, -0.2) is 32.2 Å². The molecule has 0 atom stereocenters. The number of hydrogen-bond acceptors (Lipinski definition) is 6. The van der Waals surface area contributed by atoms with Gasteiger partial charge in [-0.05, 0) is 35.7 Å². The van der Waals surface area contributed by atoms with Crippen molar-refractivity contribution in [3.05, 3.63) is 29.5 Å². The maximum Gasteiger partial charge on any atom is 0.170 e. The number of aromatic nitrogens is 5. The molecule has 0 aliphatic rings. The molecule has 0 radical (unpaired) electrons. The van der Waals surface area contributed by atoms with Crippen LogP contribution in [0.5, 0.6) is 0 Å². The van der Waals surface area contributed by atoms with E-state index in [1.165, 1.54) is 0 Å². The molecule has 2 aromatic heterocycles. The summed E-state index contributed by atoms with van der Waals surface area (Å²) in [5.41, 5.74) is 3.79. The second-order valence-electron chi connectivity index (χ2n) is 3.54. The van der Waals surface area contributed by atoms with Crippen molar-refractivity contribution < 1.29 is 0 Å². The summed E-state index contributed by atoms with van der Waals surface area (Å²) >= 11 is 1.61. The smallest absolute Gasteiger partial charge is 0.170 e. The van der Waals surface area contributed by atoms with E-state index >= 15 is 0 Å². The third-order valence-corrected chi connectivity index (χ3v) is 3.22. The Morgan fingerprint density at radius 1 is 1.41 bits per heavy atom. The lowest BCUT2D eigenvalue weighted by molar-refractivity contribution is 0.709. The molecule has 3 aromatic rings. The summed E-state index contributed by atoms with van der Waals surface area (Å²) in [4.78, 5) is 4.25. The number of thiazole rings is 1. The molecular formula is C10H10N6S. The van der Waals surface area contributed by atoms with E-state index in [0.717, 1.165) is 21.7 Å². The average molecular weight is 246 g/mol. The molecule has 0 bridgehead atoms. The Bertz CT molecular complexity index is 643. The molecule has 1 aromatic carbocycles. The first kappa shape index (κ1) is 10.3. The van der Waals surface area contributed by atoms with Gasteiger partial charge in [0, 0.05) is 0 Å². The molecule has 17 heavy (non-hydrogen) atoms. The molecule has 2 heterocycles. The maximum atomic E-state index is 4.25. The van der Waals surface area contributed by atoms with Crippen molar-refractivity contribution in [3.8, 4) is 5.69 Å². The SMILES string of the molecule is CNCc1nnnn1-c1ccc2ncsc2c1. The lowest BCUT2D eigenvalue weighted by Gasteiger charge is -2.03. The molecule has 0 spiro atoms. The van der Waals surface area contributed by atoms with Gasteiger partial charge in [-0.15, -0.1) is 16.4 Å². The van der Waals surface area contributed by atoms with Crippen molar-refractivity contribution in [1.29, 1.82) is 0 Å². The van der Waals surface area contributed by atoms with E-state index in [9.17, 15) is 0 Å². The Morgan fingerprint density at radius 3 is 3.24 bits per heavy atom. The van der Waals surface area contributed by atoms with Crippen LogP contribution in [0.4, 0.5) is 0 Å². The van der Waals surface area contributed by atoms with Crippen molar-refractivity contribution >= 4 is 21.6 Å². The number of tetrazole rings is 1. The molecule has 0 aliphatic carbocycles. The number of benzene rings is 1. The predicted octanol–water partition coefficient (Wildman–Crippen LogP) is 0.991. The monoisotopic (exact) mass is 246 g/mol. The fourth-order valence-corrected chi connectivity index (χ4v) is 2.36. The van der Waals surface area contributed by atoms with Crippen LogP contribution in [0.25, 0.3) is 15.9 Å². The van der Waals surface area contributed by atoms with E-state index in [1.807, 2.05) is 30.8 Å². The molecule has 0 amide bonds. The first-order valence-electron chi connectivity index (χ1n) is 5.14. The Morgan fingerprint density at radius 2 is 2.35 bits per heavy atom. The molecule has 3 rings (SSSR count). The molecule has 0 unspecified atom stereocenters. The van der Waals surface area contributed by atoms with Crippen LogP contribution in [0.2, 0.25) is 0 Å². The third-order valence-electron chi connectivity index (χ3n) is 2.43. The van der Waals surface area contributed by atoms with E-state index in [1.54, 1.807) is 16.0 Å². The molecule has 7 heteroatoms. The topological polar surface area (TPSA) is 68.5 Å². The fourth-order valence-electron chi connectivity index (χ4n) is 1.65. The summed E-state index contributed by atoms with van der Waals surface area (Å²) in [6, 6.07) is 5.99. The summed E-state index contributed by atoms with van der Waals surface area (Å²) in [7, 11) is 1.87. The lowest BCUT2D eigenvalue weighted by Crippen LogP contribution is -2.12. The molecule has 6 nitrogen and oxygen atoms in total. The van der Waals surface area contributed by atoms with Crippen LogP contribution >= 0.6 is 11.3 Å². The number of fused-ring (bicyclic) bond motifs is 1. The quantitative estimate of drug-likeness (QED) is 0.746. The van der Waals surface area contributed by atoms with E-state index in [4.69, 9.17) is 0 Å². The van der Waals surface area contributed by atoms with E-state index < -0.39 is 0 Å². The van der Waals surface area contributed by atoms with Gasteiger partial charge in [-0.2, -0.15) is 4.68 Å². The van der Waals surface area contributed by atoms with Crippen molar-refractivity contribution in [2.24, 2.45) is 0 Å². The average Bonchev–Trinajstić information content (AvgIpc) is 2.96. The molecule has 0 saturated heterocycles. The van der Waals surface area contributed by atoms with Crippen LogP contribution < -0.4 is 5.32 Å². The van der Waals surface area contributed by atoms with Crippen LogP contribution in [0.1, 0.15) is 5.82 Å². The van der Waals surface area contributed by atoms with Gasteiger partial charge in [0.2, 0.25) is 0 Å². The highest BCUT2D eigenvalue weighted by Crippen LogP contribution is 2.21. The number of hydrogen-bond donors (Lipinski definition) is 1. The zero-order valence-electron chi connectivity index (χ0n) is 9.16. The van der Waals surface area contributed by atoms with Gasteiger partial charge in [-0.25, -0.2) is 4.98 Å². The van der Waals surface area contributed by atoms with Crippen molar-refractivity contribution in [2.45, 2.75) is 6.54 Å². The highest BCUT2D eigenvalue weighted by atomic mass is 32.1. The van der Waals surface area contributed by atoms with Gasteiger partial charge in [0.1, 0.15) is 0 Å². The summed E-state index contributed by atoms with van der Waals surface area (Å²) in [6.07, 6.45) is 0. The highest BCUT2D eigenvalue weighted by Gasteiger charge is 2.08. The highest BCUT2D eigenvalue weighted by molar-refractivity contribution is 7.16.